The zero-order chi connectivity index (χ0) is 27.9. The molecule has 1 aliphatic rings. The largest absolute Gasteiger partial charge is 0.484 e. The predicted molar refractivity (Wildman–Crippen MR) is 156 cm³/mol. The number of amides is 1. The molecule has 3 aromatic carbocycles. The van der Waals surface area contributed by atoms with E-state index in [9.17, 15) is 14.7 Å². The molecule has 4 aromatic rings. The van der Waals surface area contributed by atoms with Gasteiger partial charge < -0.3 is 19.7 Å². The summed E-state index contributed by atoms with van der Waals surface area (Å²) in [6.07, 6.45) is 6.72. The van der Waals surface area contributed by atoms with E-state index in [4.69, 9.17) is 4.74 Å². The van der Waals surface area contributed by atoms with Crippen molar-refractivity contribution in [2.24, 2.45) is 0 Å². The molecule has 1 unspecified atom stereocenters. The van der Waals surface area contributed by atoms with Crippen LogP contribution in [0, 0.1) is 0 Å². The molecule has 0 spiro atoms. The van der Waals surface area contributed by atoms with Crippen LogP contribution in [-0.2, 0) is 18.7 Å². The summed E-state index contributed by atoms with van der Waals surface area (Å²) in [6.45, 7) is 2.40. The lowest BCUT2D eigenvalue weighted by Crippen LogP contribution is -2.30. The van der Waals surface area contributed by atoms with Crippen molar-refractivity contribution in [2.75, 3.05) is 6.54 Å². The van der Waals surface area contributed by atoms with Crippen molar-refractivity contribution in [3.63, 3.8) is 0 Å². The molecule has 0 bridgehead atoms. The molecule has 8 heteroatoms. The number of benzene rings is 3. The van der Waals surface area contributed by atoms with Crippen molar-refractivity contribution in [2.45, 2.75) is 55.6 Å². The lowest BCUT2D eigenvalue weighted by Gasteiger charge is -2.26. The van der Waals surface area contributed by atoms with E-state index in [-0.39, 0.29) is 24.3 Å². The molecule has 206 valence electrons. The van der Waals surface area contributed by atoms with Gasteiger partial charge in [0.05, 0.1) is 24.5 Å². The fourth-order valence-electron chi connectivity index (χ4n) is 4.93. The Morgan fingerprint density at radius 2 is 1.90 bits per heavy atom. The summed E-state index contributed by atoms with van der Waals surface area (Å²) in [4.78, 5) is 30.7. The quantitative estimate of drug-likeness (QED) is 0.233. The lowest BCUT2D eigenvalue weighted by molar-refractivity contribution is 0.0920. The number of fused-ring (bicyclic) bond motifs is 1. The first kappa shape index (κ1) is 27.7. The maximum Gasteiger partial charge on any atom is 0.252 e. The molecule has 0 radical (unpaired) electrons. The van der Waals surface area contributed by atoms with Gasteiger partial charge in [-0.1, -0.05) is 42.5 Å². The minimum absolute atomic E-state index is 0.162. The topological polar surface area (TPSA) is 93.4 Å². The summed E-state index contributed by atoms with van der Waals surface area (Å²) in [5.41, 5.74) is 4.39. The molecule has 1 heterocycles. The Bertz CT molecular complexity index is 1450. The van der Waals surface area contributed by atoms with E-state index in [2.05, 4.69) is 22.4 Å². The number of rotatable bonds is 11. The van der Waals surface area contributed by atoms with Gasteiger partial charge in [-0.3, -0.25) is 9.59 Å². The highest BCUT2D eigenvalue weighted by Gasteiger charge is 2.25. The number of hydrogen-bond acceptors (Lipinski definition) is 6. The van der Waals surface area contributed by atoms with E-state index in [1.807, 2.05) is 59.3 Å². The van der Waals surface area contributed by atoms with Crippen LogP contribution >= 0.6 is 11.8 Å². The van der Waals surface area contributed by atoms with Crippen LogP contribution in [0.5, 0.6) is 5.75 Å². The second kappa shape index (κ2) is 13.0. The predicted octanol–water partition coefficient (Wildman–Crippen LogP) is 5.63. The number of thioether (sulfide) groups is 1. The Morgan fingerprint density at radius 3 is 2.67 bits per heavy atom. The Hall–Kier alpha value is -3.88. The molecule has 40 heavy (non-hydrogen) atoms. The van der Waals surface area contributed by atoms with E-state index in [0.29, 0.717) is 24.3 Å². The summed E-state index contributed by atoms with van der Waals surface area (Å²) in [5.74, 6) is 1.22. The number of ketones is 1. The minimum atomic E-state index is -0.628. The Kier molecular flexibility index (Phi) is 8.98. The van der Waals surface area contributed by atoms with E-state index >= 15 is 0 Å². The summed E-state index contributed by atoms with van der Waals surface area (Å²) < 4.78 is 8.75. The number of nitrogens with zero attached hydrogens (tertiary/aromatic N) is 2. The van der Waals surface area contributed by atoms with Crippen LogP contribution in [0.1, 0.15) is 63.3 Å². The highest BCUT2D eigenvalue weighted by Crippen LogP contribution is 2.38. The first-order valence-corrected chi connectivity index (χ1v) is 14.5. The fraction of sp³-hybridized carbons (Fsp3) is 0.281. The van der Waals surface area contributed by atoms with Gasteiger partial charge in [-0.25, -0.2) is 4.98 Å². The van der Waals surface area contributed by atoms with E-state index in [1.54, 1.807) is 37.3 Å². The molecule has 2 N–H and O–H groups in total. The van der Waals surface area contributed by atoms with Crippen LogP contribution in [-0.4, -0.2) is 39.0 Å². The zero-order valence-corrected chi connectivity index (χ0v) is 23.3. The highest BCUT2D eigenvalue weighted by atomic mass is 32.2. The summed E-state index contributed by atoms with van der Waals surface area (Å²) in [7, 11) is 0. The number of ether oxygens (including phenoxy) is 1. The third-order valence-corrected chi connectivity index (χ3v) is 8.06. The van der Waals surface area contributed by atoms with Crippen LogP contribution in [0.15, 0.2) is 90.3 Å². The summed E-state index contributed by atoms with van der Waals surface area (Å²) in [5, 5.41) is 12.4. The molecule has 5 rings (SSSR count). The van der Waals surface area contributed by atoms with Crippen LogP contribution < -0.4 is 10.1 Å². The van der Waals surface area contributed by atoms with Crippen molar-refractivity contribution in [1.29, 1.82) is 0 Å². The monoisotopic (exact) mass is 555 g/mol. The third kappa shape index (κ3) is 6.63. The smallest absolute Gasteiger partial charge is 0.252 e. The SMILES string of the molecule is CC(O)CNC(=O)c1ccccc1SCc1c(O[C@H](Cn2ccnc2)c2ccccc2)ccc2c1CCCC2=O. The van der Waals surface area contributed by atoms with Gasteiger partial charge in [-0.05, 0) is 55.2 Å². The van der Waals surface area contributed by atoms with Gasteiger partial charge in [0.1, 0.15) is 11.9 Å². The van der Waals surface area contributed by atoms with Gasteiger partial charge in [-0.15, -0.1) is 11.8 Å². The van der Waals surface area contributed by atoms with Crippen molar-refractivity contribution in [1.82, 2.24) is 14.9 Å². The average molecular weight is 556 g/mol. The summed E-state index contributed by atoms with van der Waals surface area (Å²) in [6, 6.07) is 21.4. The van der Waals surface area contributed by atoms with Crippen molar-refractivity contribution >= 4 is 23.5 Å². The molecule has 1 aromatic heterocycles. The standard InChI is InChI=1S/C32H33N3O4S/c1-22(36)18-34-32(38)26-10-5-6-13-31(26)40-20-27-24-11-7-12-28(37)25(24)14-15-29(27)39-30(19-35-17-16-33-21-35)23-8-3-2-4-9-23/h2-6,8-10,13-17,21-22,30,36H,7,11-12,18-20H2,1H3,(H,34,38)/t22?,30-/m1/s1. The van der Waals surface area contributed by atoms with Crippen molar-refractivity contribution in [3.05, 3.63) is 113 Å². The molecule has 1 amide bonds. The van der Waals surface area contributed by atoms with Gasteiger partial charge in [0.15, 0.2) is 5.78 Å². The van der Waals surface area contributed by atoms with Crippen molar-refractivity contribution < 1.29 is 19.4 Å². The van der Waals surface area contributed by atoms with Gasteiger partial charge in [-0.2, -0.15) is 0 Å². The Morgan fingerprint density at radius 1 is 1.10 bits per heavy atom. The summed E-state index contributed by atoms with van der Waals surface area (Å²) >= 11 is 1.55. The maximum atomic E-state index is 12.9. The molecule has 1 aliphatic carbocycles. The van der Waals surface area contributed by atoms with Crippen LogP contribution in [0.3, 0.4) is 0 Å². The molecular formula is C32H33N3O4S. The van der Waals surface area contributed by atoms with Crippen LogP contribution in [0.2, 0.25) is 0 Å². The normalized spacial score (nSPS) is 14.3. The Labute approximate surface area is 238 Å². The fourth-order valence-corrected chi connectivity index (χ4v) is 6.04. The molecular weight excluding hydrogens is 522 g/mol. The highest BCUT2D eigenvalue weighted by molar-refractivity contribution is 7.98. The molecule has 0 fully saturated rings. The third-order valence-electron chi connectivity index (χ3n) is 6.96. The van der Waals surface area contributed by atoms with Crippen LogP contribution in [0.4, 0.5) is 0 Å². The van der Waals surface area contributed by atoms with Gasteiger partial charge >= 0.3 is 0 Å². The van der Waals surface area contributed by atoms with E-state index < -0.39 is 6.10 Å². The number of aliphatic hydroxyl groups excluding tert-OH is 1. The molecule has 0 saturated carbocycles. The lowest BCUT2D eigenvalue weighted by atomic mass is 9.87. The zero-order valence-electron chi connectivity index (χ0n) is 22.5. The maximum absolute atomic E-state index is 12.9. The first-order chi connectivity index (χ1) is 19.5. The molecule has 0 saturated heterocycles. The number of hydrogen-bond donors (Lipinski definition) is 2. The minimum Gasteiger partial charge on any atom is -0.484 e. The second-order valence-electron chi connectivity index (χ2n) is 9.97. The number of Topliss-reactive ketones (excluding diaryl/α,β-unsaturated/α-hetero) is 1. The number of aromatic nitrogens is 2. The number of carbonyl (C=O) groups is 2. The van der Waals surface area contributed by atoms with Crippen LogP contribution in [0.25, 0.3) is 0 Å². The Balaban J connectivity index is 1.47. The van der Waals surface area contributed by atoms with E-state index in [0.717, 1.165) is 45.7 Å². The number of nitrogens with one attached hydrogen (secondary N) is 1. The molecule has 2 atom stereocenters. The van der Waals surface area contributed by atoms with Gasteiger partial charge in [0.25, 0.3) is 5.91 Å². The van der Waals surface area contributed by atoms with Crippen molar-refractivity contribution in [3.8, 4) is 5.75 Å². The van der Waals surface area contributed by atoms with Gasteiger partial charge in [0, 0.05) is 47.1 Å². The first-order valence-electron chi connectivity index (χ1n) is 13.5. The molecule has 7 nitrogen and oxygen atoms in total. The molecule has 0 aliphatic heterocycles. The number of carbonyl (C=O) groups excluding carboxylic acids is 2. The number of aliphatic hydroxyl groups is 1. The second-order valence-corrected chi connectivity index (χ2v) is 11.0. The van der Waals surface area contributed by atoms with Gasteiger partial charge in [0.2, 0.25) is 0 Å². The average Bonchev–Trinajstić information content (AvgIpc) is 3.49. The van der Waals surface area contributed by atoms with E-state index in [1.165, 1.54) is 0 Å². The number of imidazole rings is 1.